The zero-order valence-corrected chi connectivity index (χ0v) is 10.7. The van der Waals surface area contributed by atoms with E-state index in [-0.39, 0.29) is 11.9 Å². The van der Waals surface area contributed by atoms with E-state index in [9.17, 15) is 9.90 Å². The molecule has 17 heavy (non-hydrogen) atoms. The predicted molar refractivity (Wildman–Crippen MR) is 66.6 cm³/mol. The van der Waals surface area contributed by atoms with E-state index in [4.69, 9.17) is 0 Å². The highest BCUT2D eigenvalue weighted by atomic mass is 16.3. The van der Waals surface area contributed by atoms with Crippen molar-refractivity contribution in [3.63, 3.8) is 0 Å². The quantitative estimate of drug-likeness (QED) is 0.762. The molecule has 1 aliphatic heterocycles. The number of likely N-dealkylation sites (N-methyl/N-ethyl adjacent to an activating group) is 1. The SMILES string of the molecule is CN(C(=O)CCC1CCCC1)[C@@H]1CNC[C@H]1O. The van der Waals surface area contributed by atoms with Crippen molar-refractivity contribution in [3.8, 4) is 0 Å². The molecule has 4 heteroatoms. The second kappa shape index (κ2) is 5.83. The number of β-amino-alcohol motifs (C(OH)–C–C–N with tert-alkyl or cyclic N) is 1. The zero-order chi connectivity index (χ0) is 12.3. The van der Waals surface area contributed by atoms with Gasteiger partial charge in [-0.1, -0.05) is 25.7 Å². The highest BCUT2D eigenvalue weighted by molar-refractivity contribution is 5.76. The molecule has 0 bridgehead atoms. The van der Waals surface area contributed by atoms with E-state index in [1.807, 2.05) is 7.05 Å². The first-order valence-corrected chi connectivity index (χ1v) is 6.83. The first kappa shape index (κ1) is 12.8. The number of nitrogens with one attached hydrogen (secondary N) is 1. The molecule has 98 valence electrons. The van der Waals surface area contributed by atoms with Crippen LogP contribution in [0.25, 0.3) is 0 Å². The Balaban J connectivity index is 1.74. The molecular formula is C13H24N2O2. The number of aliphatic hydroxyl groups excluding tert-OH is 1. The van der Waals surface area contributed by atoms with Gasteiger partial charge in [0.15, 0.2) is 0 Å². The summed E-state index contributed by atoms with van der Waals surface area (Å²) in [6.07, 6.45) is 6.52. The van der Waals surface area contributed by atoms with Crippen LogP contribution in [0.5, 0.6) is 0 Å². The smallest absolute Gasteiger partial charge is 0.222 e. The van der Waals surface area contributed by atoms with Crippen LogP contribution in [-0.2, 0) is 4.79 Å². The third-order valence-corrected chi connectivity index (χ3v) is 4.28. The van der Waals surface area contributed by atoms with Gasteiger partial charge in [-0.05, 0) is 12.3 Å². The standard InChI is InChI=1S/C13H24N2O2/c1-15(11-8-14-9-12(11)16)13(17)7-6-10-4-2-3-5-10/h10-12,14,16H,2-9H2,1H3/t11-,12-/m1/s1. The number of hydrogen-bond acceptors (Lipinski definition) is 3. The minimum atomic E-state index is -0.407. The fraction of sp³-hybridized carbons (Fsp3) is 0.923. The molecule has 2 aliphatic rings. The van der Waals surface area contributed by atoms with Crippen molar-refractivity contribution in [1.82, 2.24) is 10.2 Å². The lowest BCUT2D eigenvalue weighted by Gasteiger charge is -2.26. The Hall–Kier alpha value is -0.610. The molecule has 2 fully saturated rings. The molecule has 0 radical (unpaired) electrons. The zero-order valence-electron chi connectivity index (χ0n) is 10.7. The van der Waals surface area contributed by atoms with Crippen molar-refractivity contribution in [1.29, 1.82) is 0 Å². The molecule has 0 aromatic rings. The molecule has 2 atom stereocenters. The molecule has 1 saturated heterocycles. The topological polar surface area (TPSA) is 52.6 Å². The monoisotopic (exact) mass is 240 g/mol. The molecular weight excluding hydrogens is 216 g/mol. The fourth-order valence-electron chi connectivity index (χ4n) is 3.03. The predicted octanol–water partition coefficient (Wildman–Crippen LogP) is 0.748. The molecule has 1 amide bonds. The molecule has 0 unspecified atom stereocenters. The maximum Gasteiger partial charge on any atom is 0.222 e. The molecule has 4 nitrogen and oxygen atoms in total. The van der Waals surface area contributed by atoms with Gasteiger partial charge in [0.2, 0.25) is 5.91 Å². The van der Waals surface area contributed by atoms with Crippen molar-refractivity contribution >= 4 is 5.91 Å². The van der Waals surface area contributed by atoms with E-state index in [0.29, 0.717) is 19.5 Å². The third-order valence-electron chi connectivity index (χ3n) is 4.28. The molecule has 0 spiro atoms. The summed E-state index contributed by atoms with van der Waals surface area (Å²) in [6, 6.07) is -0.0360. The highest BCUT2D eigenvalue weighted by Crippen LogP contribution is 2.28. The van der Waals surface area contributed by atoms with Crippen molar-refractivity contribution < 1.29 is 9.90 Å². The van der Waals surface area contributed by atoms with Gasteiger partial charge in [-0.15, -0.1) is 0 Å². The minimum Gasteiger partial charge on any atom is -0.390 e. The molecule has 1 saturated carbocycles. The van der Waals surface area contributed by atoms with Crippen LogP contribution < -0.4 is 5.32 Å². The van der Waals surface area contributed by atoms with Crippen LogP contribution in [0.15, 0.2) is 0 Å². The van der Waals surface area contributed by atoms with E-state index in [1.165, 1.54) is 25.7 Å². The summed E-state index contributed by atoms with van der Waals surface area (Å²) in [4.78, 5) is 13.8. The average Bonchev–Trinajstić information content (AvgIpc) is 2.95. The van der Waals surface area contributed by atoms with Gasteiger partial charge in [-0.3, -0.25) is 4.79 Å². The first-order valence-electron chi connectivity index (χ1n) is 6.83. The summed E-state index contributed by atoms with van der Waals surface area (Å²) in [5, 5.41) is 12.8. The minimum absolute atomic E-state index is 0.0360. The van der Waals surface area contributed by atoms with Gasteiger partial charge in [0.05, 0.1) is 12.1 Å². The van der Waals surface area contributed by atoms with E-state index >= 15 is 0 Å². The van der Waals surface area contributed by atoms with E-state index in [2.05, 4.69) is 5.32 Å². The Morgan fingerprint density at radius 3 is 2.65 bits per heavy atom. The van der Waals surface area contributed by atoms with Crippen molar-refractivity contribution in [2.75, 3.05) is 20.1 Å². The normalized spacial score (nSPS) is 29.8. The number of aliphatic hydroxyl groups is 1. The Bertz CT molecular complexity index is 264. The van der Waals surface area contributed by atoms with Crippen LogP contribution in [0, 0.1) is 5.92 Å². The Morgan fingerprint density at radius 1 is 1.35 bits per heavy atom. The van der Waals surface area contributed by atoms with Crippen LogP contribution in [0.4, 0.5) is 0 Å². The van der Waals surface area contributed by atoms with Gasteiger partial charge in [-0.25, -0.2) is 0 Å². The number of carbonyl (C=O) groups excluding carboxylic acids is 1. The number of amides is 1. The largest absolute Gasteiger partial charge is 0.390 e. The maximum absolute atomic E-state index is 12.0. The average molecular weight is 240 g/mol. The highest BCUT2D eigenvalue weighted by Gasteiger charge is 2.31. The van der Waals surface area contributed by atoms with Gasteiger partial charge in [0, 0.05) is 26.6 Å². The van der Waals surface area contributed by atoms with Crippen LogP contribution in [0.1, 0.15) is 38.5 Å². The number of carbonyl (C=O) groups is 1. The van der Waals surface area contributed by atoms with Crippen LogP contribution in [0.3, 0.4) is 0 Å². The Labute approximate surface area is 103 Å². The van der Waals surface area contributed by atoms with E-state index < -0.39 is 6.10 Å². The lowest BCUT2D eigenvalue weighted by atomic mass is 10.0. The number of rotatable bonds is 4. The first-order chi connectivity index (χ1) is 8.18. The van der Waals surface area contributed by atoms with Crippen molar-refractivity contribution in [3.05, 3.63) is 0 Å². The van der Waals surface area contributed by atoms with Crippen LogP contribution in [0.2, 0.25) is 0 Å². The van der Waals surface area contributed by atoms with Crippen molar-refractivity contribution in [2.45, 2.75) is 50.7 Å². The third kappa shape index (κ3) is 3.19. The number of nitrogens with zero attached hydrogens (tertiary/aromatic N) is 1. The van der Waals surface area contributed by atoms with Gasteiger partial charge in [-0.2, -0.15) is 0 Å². The Morgan fingerprint density at radius 2 is 2.06 bits per heavy atom. The van der Waals surface area contributed by atoms with E-state index in [0.717, 1.165) is 12.3 Å². The van der Waals surface area contributed by atoms with Crippen LogP contribution >= 0.6 is 0 Å². The summed E-state index contributed by atoms with van der Waals surface area (Å²) in [5.74, 6) is 0.948. The molecule has 0 aromatic heterocycles. The summed E-state index contributed by atoms with van der Waals surface area (Å²) >= 11 is 0. The summed E-state index contributed by atoms with van der Waals surface area (Å²) < 4.78 is 0. The summed E-state index contributed by atoms with van der Waals surface area (Å²) in [6.45, 7) is 1.32. The van der Waals surface area contributed by atoms with Gasteiger partial charge in [0.1, 0.15) is 0 Å². The molecule has 2 rings (SSSR count). The molecule has 1 aliphatic carbocycles. The summed E-state index contributed by atoms with van der Waals surface area (Å²) in [7, 11) is 1.82. The molecule has 0 aromatic carbocycles. The second-order valence-corrected chi connectivity index (χ2v) is 5.49. The maximum atomic E-state index is 12.0. The van der Waals surface area contributed by atoms with Gasteiger partial charge < -0.3 is 15.3 Å². The fourth-order valence-corrected chi connectivity index (χ4v) is 3.03. The molecule has 1 heterocycles. The van der Waals surface area contributed by atoms with Crippen molar-refractivity contribution in [2.24, 2.45) is 5.92 Å². The number of hydrogen-bond donors (Lipinski definition) is 2. The van der Waals surface area contributed by atoms with Gasteiger partial charge >= 0.3 is 0 Å². The van der Waals surface area contributed by atoms with E-state index in [1.54, 1.807) is 4.90 Å². The lowest BCUT2D eigenvalue weighted by Crippen LogP contribution is -2.44. The van der Waals surface area contributed by atoms with Gasteiger partial charge in [0.25, 0.3) is 0 Å². The summed E-state index contributed by atoms with van der Waals surface area (Å²) in [5.41, 5.74) is 0. The lowest BCUT2D eigenvalue weighted by molar-refractivity contribution is -0.133. The molecule has 2 N–H and O–H groups in total. The Kier molecular flexibility index (Phi) is 4.40. The van der Waals surface area contributed by atoms with Crippen LogP contribution in [-0.4, -0.2) is 48.2 Å². The second-order valence-electron chi connectivity index (χ2n) is 5.49.